The van der Waals surface area contributed by atoms with E-state index in [4.69, 9.17) is 0 Å². The smallest absolute Gasteiger partial charge is 0.278 e. The maximum absolute atomic E-state index is 12.7. The van der Waals surface area contributed by atoms with Crippen molar-refractivity contribution in [1.29, 1.82) is 0 Å². The molecule has 0 atom stereocenters. The molecule has 1 amide bonds. The first-order valence-electron chi connectivity index (χ1n) is 8.51. The van der Waals surface area contributed by atoms with Crippen molar-refractivity contribution in [2.45, 2.75) is 32.6 Å². The van der Waals surface area contributed by atoms with Gasteiger partial charge in [0.25, 0.3) is 5.91 Å². The maximum atomic E-state index is 12.7. The van der Waals surface area contributed by atoms with Crippen molar-refractivity contribution in [3.63, 3.8) is 0 Å². The first-order chi connectivity index (χ1) is 12.5. The molecule has 0 spiro atoms. The molecular formula is C18H20N6OS. The van der Waals surface area contributed by atoms with Gasteiger partial charge >= 0.3 is 0 Å². The molecule has 8 heteroatoms. The van der Waals surface area contributed by atoms with Crippen molar-refractivity contribution >= 4 is 33.9 Å². The van der Waals surface area contributed by atoms with E-state index in [9.17, 15) is 4.79 Å². The van der Waals surface area contributed by atoms with Crippen LogP contribution in [-0.2, 0) is 7.05 Å². The molecule has 3 aromatic heterocycles. The van der Waals surface area contributed by atoms with Gasteiger partial charge in [-0.2, -0.15) is 5.10 Å². The highest BCUT2D eigenvalue weighted by Gasteiger charge is 2.27. The first-order valence-corrected chi connectivity index (χ1v) is 9.39. The molecule has 26 heavy (non-hydrogen) atoms. The van der Waals surface area contributed by atoms with Crippen LogP contribution in [0.25, 0.3) is 0 Å². The predicted molar refractivity (Wildman–Crippen MR) is 102 cm³/mol. The molecule has 134 valence electrons. The molecule has 3 heterocycles. The number of nitrogens with one attached hydrogen (secondary N) is 2. The molecule has 0 aromatic carbocycles. The summed E-state index contributed by atoms with van der Waals surface area (Å²) in [6, 6.07) is 5.79. The lowest BCUT2D eigenvalue weighted by molar-refractivity contribution is 0.102. The second kappa shape index (κ2) is 6.53. The summed E-state index contributed by atoms with van der Waals surface area (Å²) in [6.45, 7) is 3.76. The fourth-order valence-corrected chi connectivity index (χ4v) is 3.40. The molecule has 1 saturated carbocycles. The number of hydrogen-bond donors (Lipinski definition) is 2. The third-order valence-corrected chi connectivity index (χ3v) is 5.12. The van der Waals surface area contributed by atoms with Crippen LogP contribution in [0.2, 0.25) is 0 Å². The normalized spacial score (nSPS) is 13.7. The Morgan fingerprint density at radius 3 is 2.73 bits per heavy atom. The quantitative estimate of drug-likeness (QED) is 0.716. The first kappa shape index (κ1) is 16.7. The summed E-state index contributed by atoms with van der Waals surface area (Å²) >= 11 is 1.40. The van der Waals surface area contributed by atoms with E-state index in [2.05, 4.69) is 25.7 Å². The van der Waals surface area contributed by atoms with Gasteiger partial charge in [0.05, 0.1) is 17.1 Å². The van der Waals surface area contributed by atoms with Gasteiger partial charge in [-0.3, -0.25) is 14.8 Å². The molecule has 0 saturated heterocycles. The van der Waals surface area contributed by atoms with E-state index >= 15 is 0 Å². The van der Waals surface area contributed by atoms with Crippen LogP contribution < -0.4 is 10.6 Å². The molecule has 3 aromatic rings. The van der Waals surface area contributed by atoms with Gasteiger partial charge in [0.2, 0.25) is 0 Å². The Morgan fingerprint density at radius 1 is 1.23 bits per heavy atom. The molecule has 0 bridgehead atoms. The summed E-state index contributed by atoms with van der Waals surface area (Å²) in [7, 11) is 1.90. The van der Waals surface area contributed by atoms with Crippen LogP contribution in [0.3, 0.4) is 0 Å². The number of amides is 1. The van der Waals surface area contributed by atoms with Crippen LogP contribution >= 0.6 is 11.3 Å². The number of carbonyl (C=O) groups excluding carboxylic acids is 1. The Hall–Kier alpha value is -2.74. The van der Waals surface area contributed by atoms with Gasteiger partial charge in [-0.1, -0.05) is 0 Å². The summed E-state index contributed by atoms with van der Waals surface area (Å²) < 4.78 is 1.80. The highest BCUT2D eigenvalue weighted by atomic mass is 32.1. The molecular weight excluding hydrogens is 348 g/mol. The van der Waals surface area contributed by atoms with E-state index in [1.54, 1.807) is 4.68 Å². The number of nitrogens with zero attached hydrogens (tertiary/aromatic N) is 4. The highest BCUT2D eigenvalue weighted by Crippen LogP contribution is 2.40. The zero-order valence-corrected chi connectivity index (χ0v) is 15.7. The summed E-state index contributed by atoms with van der Waals surface area (Å²) in [5, 5.41) is 13.1. The zero-order chi connectivity index (χ0) is 18.3. The average Bonchev–Trinajstić information content (AvgIpc) is 3.28. The molecule has 1 fully saturated rings. The largest absolute Gasteiger partial charge is 0.339 e. The summed E-state index contributed by atoms with van der Waals surface area (Å²) in [4.78, 5) is 21.4. The molecule has 0 radical (unpaired) electrons. The van der Waals surface area contributed by atoms with Crippen molar-refractivity contribution < 1.29 is 4.79 Å². The summed E-state index contributed by atoms with van der Waals surface area (Å²) in [6.07, 6.45) is 2.40. The maximum Gasteiger partial charge on any atom is 0.278 e. The molecule has 2 N–H and O–H groups in total. The highest BCUT2D eigenvalue weighted by molar-refractivity contribution is 7.13. The van der Waals surface area contributed by atoms with Crippen LogP contribution in [-0.4, -0.2) is 25.7 Å². The van der Waals surface area contributed by atoms with E-state index < -0.39 is 0 Å². The summed E-state index contributed by atoms with van der Waals surface area (Å²) in [5.74, 6) is 1.13. The number of thiazole rings is 1. The molecule has 4 rings (SSSR count). The van der Waals surface area contributed by atoms with Gasteiger partial charge in [0, 0.05) is 30.1 Å². The second-order valence-electron chi connectivity index (χ2n) is 6.57. The van der Waals surface area contributed by atoms with Crippen LogP contribution in [0.5, 0.6) is 0 Å². The SMILES string of the molecule is Cc1csc(NC(=O)c2nc(C)ccc2Nc2cc(C3CC3)nn2C)n1. The third kappa shape index (κ3) is 3.45. The Kier molecular flexibility index (Phi) is 4.20. The number of aryl methyl sites for hydroxylation is 3. The Bertz CT molecular complexity index is 972. The van der Waals surface area contributed by atoms with Gasteiger partial charge in [-0.25, -0.2) is 9.97 Å². The monoisotopic (exact) mass is 368 g/mol. The Morgan fingerprint density at radius 2 is 2.04 bits per heavy atom. The topological polar surface area (TPSA) is 84.7 Å². The third-order valence-electron chi connectivity index (χ3n) is 4.25. The minimum absolute atomic E-state index is 0.282. The average molecular weight is 368 g/mol. The van der Waals surface area contributed by atoms with Crippen LogP contribution in [0.1, 0.15) is 46.3 Å². The van der Waals surface area contributed by atoms with Crippen molar-refractivity contribution in [1.82, 2.24) is 19.7 Å². The minimum atomic E-state index is -0.282. The molecule has 0 aliphatic heterocycles. The number of anilines is 3. The Balaban J connectivity index is 1.61. The van der Waals surface area contributed by atoms with E-state index in [1.165, 1.54) is 24.2 Å². The van der Waals surface area contributed by atoms with Crippen molar-refractivity contribution in [3.05, 3.63) is 46.4 Å². The van der Waals surface area contributed by atoms with Gasteiger partial charge in [0.15, 0.2) is 10.8 Å². The van der Waals surface area contributed by atoms with E-state index in [0.717, 1.165) is 22.9 Å². The standard InChI is InChI=1S/C18H20N6OS/c1-10-4-7-13(21-15-8-14(12-5-6-12)23-24(15)3)16(19-10)17(25)22-18-20-11(2)9-26-18/h4,7-9,12,21H,5-6H2,1-3H3,(H,20,22,25). The van der Waals surface area contributed by atoms with Crippen molar-refractivity contribution in [2.75, 3.05) is 10.6 Å². The molecule has 7 nitrogen and oxygen atoms in total. The second-order valence-corrected chi connectivity index (χ2v) is 7.43. The lowest BCUT2D eigenvalue weighted by Crippen LogP contribution is -2.16. The van der Waals surface area contributed by atoms with E-state index in [-0.39, 0.29) is 5.91 Å². The Labute approximate surface area is 155 Å². The van der Waals surface area contributed by atoms with Crippen molar-refractivity contribution in [2.24, 2.45) is 7.05 Å². The van der Waals surface area contributed by atoms with E-state index in [0.29, 0.717) is 22.4 Å². The van der Waals surface area contributed by atoms with Crippen LogP contribution in [0.15, 0.2) is 23.6 Å². The van der Waals surface area contributed by atoms with Crippen molar-refractivity contribution in [3.8, 4) is 0 Å². The van der Waals surface area contributed by atoms with E-state index in [1.807, 2.05) is 44.5 Å². The lowest BCUT2D eigenvalue weighted by Gasteiger charge is -2.11. The molecule has 1 aliphatic carbocycles. The number of rotatable bonds is 5. The fourth-order valence-electron chi connectivity index (χ4n) is 2.72. The van der Waals surface area contributed by atoms with Gasteiger partial charge in [-0.15, -0.1) is 11.3 Å². The summed E-state index contributed by atoms with van der Waals surface area (Å²) in [5.41, 5.74) is 3.74. The van der Waals surface area contributed by atoms with Crippen LogP contribution in [0.4, 0.5) is 16.6 Å². The lowest BCUT2D eigenvalue weighted by atomic mass is 10.2. The minimum Gasteiger partial charge on any atom is -0.339 e. The number of pyridine rings is 1. The predicted octanol–water partition coefficient (Wildman–Crippen LogP) is 3.76. The van der Waals surface area contributed by atoms with Gasteiger partial charge < -0.3 is 5.32 Å². The molecule has 1 aliphatic rings. The number of carbonyl (C=O) groups is 1. The number of hydrogen-bond acceptors (Lipinski definition) is 6. The van der Waals surface area contributed by atoms with Gasteiger partial charge in [-0.05, 0) is 38.8 Å². The van der Waals surface area contributed by atoms with Crippen LogP contribution in [0, 0.1) is 13.8 Å². The molecule has 0 unspecified atom stereocenters. The number of aromatic nitrogens is 4. The van der Waals surface area contributed by atoms with Gasteiger partial charge in [0.1, 0.15) is 5.82 Å². The zero-order valence-electron chi connectivity index (χ0n) is 14.9. The fraction of sp³-hybridized carbons (Fsp3) is 0.333.